The van der Waals surface area contributed by atoms with Crippen LogP contribution in [0, 0.1) is 0 Å². The maximum atomic E-state index is 13.0. The summed E-state index contributed by atoms with van der Waals surface area (Å²) in [6.07, 6.45) is 23.9. The Labute approximate surface area is 356 Å². The number of aliphatic hydroxyl groups is 7. The number of unbranched alkanes of at least 4 members (excludes halogenated alkanes) is 21. The molecule has 0 heterocycles. The zero-order valence-corrected chi connectivity index (χ0v) is 37.6. The number of amides is 1. The number of phosphoric ester groups is 1. The number of hydrogen-bond acceptors (Lipinski definition) is 11. The molecule has 1 fully saturated rings. The third kappa shape index (κ3) is 27.5. The van der Waals surface area contributed by atoms with E-state index in [4.69, 9.17) is 9.05 Å². The van der Waals surface area contributed by atoms with E-state index in [0.29, 0.717) is 12.8 Å². The summed E-state index contributed by atoms with van der Waals surface area (Å²) in [5, 5.41) is 74.5. The zero-order valence-electron chi connectivity index (χ0n) is 36.7. The summed E-state index contributed by atoms with van der Waals surface area (Å²) >= 11 is 0. The lowest BCUT2D eigenvalue weighted by atomic mass is 9.85. The summed E-state index contributed by atoms with van der Waals surface area (Å²) < 4.78 is 22.9. The minimum absolute atomic E-state index is 0.222. The summed E-state index contributed by atoms with van der Waals surface area (Å²) in [7, 11) is -5.11. The predicted octanol–water partition coefficient (Wildman–Crippen LogP) is 7.59. The van der Waals surface area contributed by atoms with Crippen LogP contribution >= 0.6 is 7.82 Å². The van der Waals surface area contributed by atoms with Crippen LogP contribution in [0.1, 0.15) is 194 Å². The summed E-state index contributed by atoms with van der Waals surface area (Å²) in [6, 6.07) is -1.15. The normalized spacial score (nSPS) is 23.8. The molecule has 1 aliphatic carbocycles. The molecule has 1 saturated carbocycles. The molecule has 8 atom stereocenters. The third-order valence-electron chi connectivity index (χ3n) is 11.3. The molecule has 1 amide bonds. The number of rotatable bonds is 38. The first kappa shape index (κ1) is 55.8. The van der Waals surface area contributed by atoms with Gasteiger partial charge in [-0.3, -0.25) is 13.8 Å². The molecule has 1 aliphatic rings. The topological polar surface area (TPSA) is 226 Å². The fourth-order valence-corrected chi connectivity index (χ4v) is 8.49. The zero-order chi connectivity index (χ0) is 43.7. The van der Waals surface area contributed by atoms with Crippen LogP contribution < -0.4 is 5.32 Å². The monoisotopic (exact) mass is 864 g/mol. The van der Waals surface area contributed by atoms with Crippen molar-refractivity contribution < 1.29 is 59.0 Å². The first-order valence-corrected chi connectivity index (χ1v) is 24.9. The average molecular weight is 864 g/mol. The van der Waals surface area contributed by atoms with E-state index in [1.807, 2.05) is 0 Å². The third-order valence-corrected chi connectivity index (χ3v) is 12.3. The number of carbonyl (C=O) groups excluding carboxylic acids is 1. The quantitative estimate of drug-likeness (QED) is 0.0166. The highest BCUT2D eigenvalue weighted by Gasteiger charge is 2.51. The van der Waals surface area contributed by atoms with Gasteiger partial charge >= 0.3 is 7.82 Å². The molecule has 1 rings (SSSR count). The summed E-state index contributed by atoms with van der Waals surface area (Å²) in [5.74, 6) is -0.562. The highest BCUT2D eigenvalue weighted by molar-refractivity contribution is 7.47. The van der Waals surface area contributed by atoms with Crippen molar-refractivity contribution in [3.05, 3.63) is 24.3 Å². The van der Waals surface area contributed by atoms with Crippen molar-refractivity contribution in [2.24, 2.45) is 0 Å². The van der Waals surface area contributed by atoms with Gasteiger partial charge in [0, 0.05) is 0 Å². The molecule has 8 unspecified atom stereocenters. The van der Waals surface area contributed by atoms with Gasteiger partial charge in [0.05, 0.1) is 31.3 Å². The van der Waals surface area contributed by atoms with E-state index < -0.39 is 75.2 Å². The number of hydrogen-bond donors (Lipinski definition) is 9. The van der Waals surface area contributed by atoms with Crippen LogP contribution in [0.5, 0.6) is 0 Å². The van der Waals surface area contributed by atoms with Crippen LogP contribution in [0.3, 0.4) is 0 Å². The first-order chi connectivity index (χ1) is 28.3. The van der Waals surface area contributed by atoms with Crippen LogP contribution in [0.25, 0.3) is 0 Å². The smallest absolute Gasteiger partial charge is 0.393 e. The molecule has 13 nitrogen and oxygen atoms in total. The highest BCUT2D eigenvalue weighted by Crippen LogP contribution is 2.47. The minimum Gasteiger partial charge on any atom is -0.393 e. The van der Waals surface area contributed by atoms with Crippen LogP contribution in [0.4, 0.5) is 0 Å². The van der Waals surface area contributed by atoms with Crippen molar-refractivity contribution >= 4 is 13.7 Å². The standard InChI is InChI=1S/C45H86NO12P/c1-3-5-7-9-11-13-15-16-17-18-19-20-21-22-23-24-26-28-30-32-36(47)34-39(49)46-37(38(48)33-31-29-27-25-14-12-10-8-6-4-2)35-57-59(55,56)58-45-43(53)41(51)40(50)42(52)44(45)54/h5,7,11,13,36-38,40-45,47-48,50-54H,3-4,6,8-10,12,14-35H2,1-2H3,(H,46,49)(H,55,56)/b7-5-,13-11-. The Morgan fingerprint density at radius 1 is 0.610 bits per heavy atom. The number of nitrogens with one attached hydrogen (secondary N) is 1. The van der Waals surface area contributed by atoms with Gasteiger partial charge in [-0.1, -0.05) is 173 Å². The van der Waals surface area contributed by atoms with E-state index in [0.717, 1.165) is 64.2 Å². The van der Waals surface area contributed by atoms with Gasteiger partial charge in [0.15, 0.2) is 0 Å². The van der Waals surface area contributed by atoms with Gasteiger partial charge < -0.3 is 46.0 Å². The molecule has 0 aliphatic heterocycles. The van der Waals surface area contributed by atoms with Gasteiger partial charge in [-0.05, 0) is 38.5 Å². The predicted molar refractivity (Wildman–Crippen MR) is 234 cm³/mol. The van der Waals surface area contributed by atoms with Crippen LogP contribution in [0.2, 0.25) is 0 Å². The van der Waals surface area contributed by atoms with Gasteiger partial charge in [0.2, 0.25) is 5.91 Å². The first-order valence-electron chi connectivity index (χ1n) is 23.4. The molecule has 348 valence electrons. The van der Waals surface area contributed by atoms with E-state index in [-0.39, 0.29) is 12.8 Å². The van der Waals surface area contributed by atoms with Crippen molar-refractivity contribution in [2.45, 2.75) is 249 Å². The molecule has 0 radical (unpaired) electrons. The SMILES string of the molecule is CC/C=C\C/C=C\CCCCCCCCCCCCCCC(O)CC(=O)NC(COP(=O)(O)OC1C(O)C(O)C(O)C(O)C1O)C(O)CCCCCCCCCCCC. The van der Waals surface area contributed by atoms with E-state index in [1.54, 1.807) is 0 Å². The molecule has 9 N–H and O–H groups in total. The van der Waals surface area contributed by atoms with Crippen LogP contribution in [-0.4, -0.2) is 108 Å². The molecule has 0 aromatic carbocycles. The fourth-order valence-electron chi connectivity index (χ4n) is 7.52. The molecular formula is C45H86NO12P. The number of allylic oxidation sites excluding steroid dienone is 4. The lowest BCUT2D eigenvalue weighted by Crippen LogP contribution is -2.64. The maximum Gasteiger partial charge on any atom is 0.472 e. The summed E-state index contributed by atoms with van der Waals surface area (Å²) in [4.78, 5) is 23.4. The largest absolute Gasteiger partial charge is 0.472 e. The molecule has 14 heteroatoms. The lowest BCUT2D eigenvalue weighted by Gasteiger charge is -2.41. The van der Waals surface area contributed by atoms with Crippen molar-refractivity contribution in [1.29, 1.82) is 0 Å². The van der Waals surface area contributed by atoms with Crippen LogP contribution in [-0.2, 0) is 18.4 Å². The molecule has 0 saturated heterocycles. The van der Waals surface area contributed by atoms with Crippen molar-refractivity contribution in [3.63, 3.8) is 0 Å². The van der Waals surface area contributed by atoms with E-state index in [9.17, 15) is 50.0 Å². The fraction of sp³-hybridized carbons (Fsp3) is 0.889. The Morgan fingerprint density at radius 3 is 1.56 bits per heavy atom. The average Bonchev–Trinajstić information content (AvgIpc) is 3.21. The van der Waals surface area contributed by atoms with E-state index >= 15 is 0 Å². The number of carbonyl (C=O) groups is 1. The summed E-state index contributed by atoms with van der Waals surface area (Å²) in [5.41, 5.74) is 0. The Kier molecular flexibility index (Phi) is 33.3. The molecule has 0 spiro atoms. The summed E-state index contributed by atoms with van der Waals surface area (Å²) in [6.45, 7) is 3.66. The van der Waals surface area contributed by atoms with Gasteiger partial charge in [0.1, 0.15) is 36.6 Å². The molecular weight excluding hydrogens is 777 g/mol. The molecule has 0 aromatic heterocycles. The molecule has 59 heavy (non-hydrogen) atoms. The Hall–Kier alpha value is -1.22. The molecule has 0 bridgehead atoms. The second-order valence-electron chi connectivity index (χ2n) is 16.8. The second-order valence-corrected chi connectivity index (χ2v) is 18.2. The van der Waals surface area contributed by atoms with Gasteiger partial charge in [-0.15, -0.1) is 0 Å². The van der Waals surface area contributed by atoms with Crippen molar-refractivity contribution in [1.82, 2.24) is 5.32 Å². The van der Waals surface area contributed by atoms with Gasteiger partial charge in [0.25, 0.3) is 0 Å². The van der Waals surface area contributed by atoms with Crippen molar-refractivity contribution in [2.75, 3.05) is 6.61 Å². The second kappa shape index (κ2) is 35.3. The maximum absolute atomic E-state index is 13.0. The van der Waals surface area contributed by atoms with Crippen molar-refractivity contribution in [3.8, 4) is 0 Å². The molecule has 0 aromatic rings. The number of phosphoric acid groups is 1. The Balaban J connectivity index is 2.44. The highest BCUT2D eigenvalue weighted by atomic mass is 31.2. The van der Waals surface area contributed by atoms with Gasteiger partial charge in [-0.2, -0.15) is 0 Å². The van der Waals surface area contributed by atoms with Gasteiger partial charge in [-0.25, -0.2) is 4.57 Å². The Bertz CT molecular complexity index is 1110. The van der Waals surface area contributed by atoms with Crippen LogP contribution in [0.15, 0.2) is 24.3 Å². The lowest BCUT2D eigenvalue weighted by molar-refractivity contribution is -0.220. The van der Waals surface area contributed by atoms with E-state index in [1.165, 1.54) is 89.9 Å². The number of aliphatic hydroxyl groups excluding tert-OH is 7. The minimum atomic E-state index is -5.11. The van der Waals surface area contributed by atoms with E-state index in [2.05, 4.69) is 43.5 Å². The Morgan fingerprint density at radius 2 is 1.05 bits per heavy atom.